The van der Waals surface area contributed by atoms with E-state index in [9.17, 15) is 13.2 Å². The molecule has 3 aromatic carbocycles. The number of aryl methyl sites for hydroxylation is 1. The van der Waals surface area contributed by atoms with Crippen LogP contribution in [-0.2, 0) is 10.0 Å². The van der Waals surface area contributed by atoms with Crippen LogP contribution in [0.1, 0.15) is 15.9 Å². The lowest BCUT2D eigenvalue weighted by Gasteiger charge is -2.15. The zero-order valence-electron chi connectivity index (χ0n) is 15.8. The third-order valence-electron chi connectivity index (χ3n) is 4.11. The first-order valence-electron chi connectivity index (χ1n) is 8.63. The van der Waals surface area contributed by atoms with Crippen molar-refractivity contribution in [2.75, 3.05) is 17.1 Å². The van der Waals surface area contributed by atoms with Gasteiger partial charge in [-0.1, -0.05) is 24.3 Å². The summed E-state index contributed by atoms with van der Waals surface area (Å²) in [6.45, 7) is 1.87. The van der Waals surface area contributed by atoms with E-state index in [2.05, 4.69) is 26.0 Å². The summed E-state index contributed by atoms with van der Waals surface area (Å²) in [7, 11) is -2.59. The maximum Gasteiger partial charge on any atom is 0.265 e. The summed E-state index contributed by atoms with van der Waals surface area (Å²) in [6.07, 6.45) is 0. The second-order valence-electron chi connectivity index (χ2n) is 6.27. The van der Waals surface area contributed by atoms with Gasteiger partial charge in [-0.3, -0.25) is 9.52 Å². The molecule has 6 nitrogen and oxygen atoms in total. The van der Waals surface area contributed by atoms with Crippen molar-refractivity contribution < 1.29 is 17.9 Å². The van der Waals surface area contributed by atoms with Gasteiger partial charge in [0, 0.05) is 15.7 Å². The van der Waals surface area contributed by atoms with Crippen molar-refractivity contribution in [1.82, 2.24) is 0 Å². The van der Waals surface area contributed by atoms with E-state index in [1.54, 1.807) is 42.5 Å². The van der Waals surface area contributed by atoms with E-state index in [1.807, 2.05) is 19.1 Å². The first kappa shape index (κ1) is 20.9. The molecule has 0 aliphatic heterocycles. The minimum Gasteiger partial charge on any atom is -0.495 e. The summed E-state index contributed by atoms with van der Waals surface area (Å²) in [5.74, 6) is -0.174. The lowest BCUT2D eigenvalue weighted by Crippen LogP contribution is -2.16. The highest BCUT2D eigenvalue weighted by Crippen LogP contribution is 2.31. The third-order valence-corrected chi connectivity index (χ3v) is 6.19. The zero-order valence-corrected chi connectivity index (χ0v) is 18.2. The Morgan fingerprint density at radius 3 is 2.41 bits per heavy atom. The molecule has 0 fully saturated rings. The summed E-state index contributed by atoms with van der Waals surface area (Å²) >= 11 is 3.35. The maximum atomic E-state index is 13.0. The average Bonchev–Trinajstić information content (AvgIpc) is 2.71. The van der Waals surface area contributed by atoms with Crippen LogP contribution in [0.3, 0.4) is 0 Å². The maximum absolute atomic E-state index is 13.0. The van der Waals surface area contributed by atoms with E-state index < -0.39 is 10.0 Å². The molecule has 8 heteroatoms. The normalized spacial score (nSPS) is 11.0. The molecule has 0 unspecified atom stereocenters. The molecule has 3 aromatic rings. The SMILES string of the molecule is COc1ccc(NC(=O)c2ccccc2)cc1S(=O)(=O)Nc1cc(C)ccc1Br. The van der Waals surface area contributed by atoms with Gasteiger partial charge in [0.05, 0.1) is 12.8 Å². The van der Waals surface area contributed by atoms with E-state index in [4.69, 9.17) is 4.74 Å². The van der Waals surface area contributed by atoms with E-state index in [-0.39, 0.29) is 16.6 Å². The Labute approximate surface area is 178 Å². The van der Waals surface area contributed by atoms with Gasteiger partial charge >= 0.3 is 0 Å². The summed E-state index contributed by atoms with van der Waals surface area (Å²) in [4.78, 5) is 12.3. The van der Waals surface area contributed by atoms with Gasteiger partial charge in [0.2, 0.25) is 0 Å². The van der Waals surface area contributed by atoms with E-state index in [1.165, 1.54) is 19.2 Å². The van der Waals surface area contributed by atoms with Crippen molar-refractivity contribution in [2.24, 2.45) is 0 Å². The number of amides is 1. The molecule has 0 atom stereocenters. The number of rotatable bonds is 6. The Bertz CT molecular complexity index is 1150. The Morgan fingerprint density at radius 1 is 1.00 bits per heavy atom. The summed E-state index contributed by atoms with van der Waals surface area (Å²) in [5, 5.41) is 2.71. The lowest BCUT2D eigenvalue weighted by atomic mass is 10.2. The fourth-order valence-corrected chi connectivity index (χ4v) is 4.42. The number of hydrogen-bond acceptors (Lipinski definition) is 4. The van der Waals surface area contributed by atoms with Crippen LogP contribution < -0.4 is 14.8 Å². The van der Waals surface area contributed by atoms with Crippen molar-refractivity contribution in [1.29, 1.82) is 0 Å². The molecule has 0 aliphatic carbocycles. The van der Waals surface area contributed by atoms with Crippen molar-refractivity contribution in [3.05, 3.63) is 82.3 Å². The molecule has 0 aliphatic rings. The van der Waals surface area contributed by atoms with E-state index in [0.717, 1.165) is 5.56 Å². The highest BCUT2D eigenvalue weighted by Gasteiger charge is 2.22. The molecule has 0 bridgehead atoms. The highest BCUT2D eigenvalue weighted by atomic mass is 79.9. The fraction of sp³-hybridized carbons (Fsp3) is 0.0952. The molecule has 0 spiro atoms. The molecule has 150 valence electrons. The van der Waals surface area contributed by atoms with Crippen LogP contribution in [0.15, 0.2) is 76.1 Å². The predicted molar refractivity (Wildman–Crippen MR) is 117 cm³/mol. The number of sulfonamides is 1. The van der Waals surface area contributed by atoms with Gasteiger partial charge in [-0.25, -0.2) is 8.42 Å². The minimum atomic E-state index is -3.97. The molecule has 1 amide bonds. The number of benzene rings is 3. The molecule has 29 heavy (non-hydrogen) atoms. The predicted octanol–water partition coefficient (Wildman–Crippen LogP) is 4.82. The molecule has 0 radical (unpaired) electrons. The third kappa shape index (κ3) is 4.96. The Kier molecular flexibility index (Phi) is 6.24. The molecule has 0 saturated carbocycles. The van der Waals surface area contributed by atoms with Crippen molar-refractivity contribution >= 4 is 43.2 Å². The minimum absolute atomic E-state index is 0.0840. The van der Waals surface area contributed by atoms with Crippen LogP contribution in [0.2, 0.25) is 0 Å². The number of carbonyl (C=O) groups is 1. The van der Waals surface area contributed by atoms with Gasteiger partial charge in [0.25, 0.3) is 15.9 Å². The average molecular weight is 475 g/mol. The molecule has 0 aromatic heterocycles. The molecule has 2 N–H and O–H groups in total. The van der Waals surface area contributed by atoms with Crippen LogP contribution in [0.4, 0.5) is 11.4 Å². The quantitative estimate of drug-likeness (QED) is 0.536. The van der Waals surface area contributed by atoms with Crippen LogP contribution in [0.5, 0.6) is 5.75 Å². The standard InChI is InChI=1S/C21H19BrN2O4S/c1-14-8-10-17(22)18(12-14)24-29(26,27)20-13-16(9-11-19(20)28-2)23-21(25)15-6-4-3-5-7-15/h3-13,24H,1-2H3,(H,23,25). The van der Waals surface area contributed by atoms with E-state index in [0.29, 0.717) is 21.4 Å². The van der Waals surface area contributed by atoms with Crippen LogP contribution in [0.25, 0.3) is 0 Å². The Balaban J connectivity index is 1.94. The fourth-order valence-electron chi connectivity index (χ4n) is 2.67. The van der Waals surface area contributed by atoms with Gasteiger partial charge in [0.15, 0.2) is 0 Å². The topological polar surface area (TPSA) is 84.5 Å². The van der Waals surface area contributed by atoms with Gasteiger partial charge in [-0.15, -0.1) is 0 Å². The number of ether oxygens (including phenoxy) is 1. The van der Waals surface area contributed by atoms with Crippen LogP contribution in [0, 0.1) is 6.92 Å². The largest absolute Gasteiger partial charge is 0.495 e. The highest BCUT2D eigenvalue weighted by molar-refractivity contribution is 9.10. The van der Waals surface area contributed by atoms with Gasteiger partial charge in [0.1, 0.15) is 10.6 Å². The van der Waals surface area contributed by atoms with E-state index >= 15 is 0 Å². The molecule has 0 saturated heterocycles. The second-order valence-corrected chi connectivity index (χ2v) is 8.78. The lowest BCUT2D eigenvalue weighted by molar-refractivity contribution is 0.102. The Hall–Kier alpha value is -2.84. The summed E-state index contributed by atoms with van der Waals surface area (Å²) in [6, 6.07) is 18.5. The smallest absolute Gasteiger partial charge is 0.265 e. The first-order valence-corrected chi connectivity index (χ1v) is 10.9. The number of hydrogen-bond donors (Lipinski definition) is 2. The summed E-state index contributed by atoms with van der Waals surface area (Å²) in [5.41, 5.74) is 2.12. The van der Waals surface area contributed by atoms with Gasteiger partial charge in [-0.2, -0.15) is 0 Å². The van der Waals surface area contributed by atoms with Crippen LogP contribution in [-0.4, -0.2) is 21.4 Å². The first-order chi connectivity index (χ1) is 13.8. The molecule has 0 heterocycles. The number of halogens is 1. The molecule has 3 rings (SSSR count). The summed E-state index contributed by atoms with van der Waals surface area (Å²) < 4.78 is 34.5. The second kappa shape index (κ2) is 8.67. The van der Waals surface area contributed by atoms with Crippen molar-refractivity contribution in [3.63, 3.8) is 0 Å². The number of nitrogens with one attached hydrogen (secondary N) is 2. The van der Waals surface area contributed by atoms with Gasteiger partial charge in [-0.05, 0) is 70.9 Å². The number of anilines is 2. The van der Waals surface area contributed by atoms with Crippen molar-refractivity contribution in [3.8, 4) is 5.75 Å². The molecular weight excluding hydrogens is 456 g/mol. The van der Waals surface area contributed by atoms with Gasteiger partial charge < -0.3 is 10.1 Å². The molecular formula is C21H19BrN2O4S. The monoisotopic (exact) mass is 474 g/mol. The van der Waals surface area contributed by atoms with Crippen molar-refractivity contribution in [2.45, 2.75) is 11.8 Å². The zero-order chi connectivity index (χ0) is 21.0. The number of carbonyl (C=O) groups excluding carboxylic acids is 1. The van der Waals surface area contributed by atoms with Crippen LogP contribution >= 0.6 is 15.9 Å². The number of methoxy groups -OCH3 is 1. The Morgan fingerprint density at radius 2 is 1.72 bits per heavy atom.